The predicted molar refractivity (Wildman–Crippen MR) is 102 cm³/mol. The smallest absolute Gasteiger partial charge is 0.255 e. The molecule has 0 spiro atoms. The Bertz CT molecular complexity index is 1330. The summed E-state index contributed by atoms with van der Waals surface area (Å²) in [6.07, 6.45) is 4.17. The number of hydrogen-bond acceptors (Lipinski definition) is 2. The minimum atomic E-state index is -1.12. The molecule has 0 fully saturated rings. The average molecular weight is 399 g/mol. The van der Waals surface area contributed by atoms with Gasteiger partial charge in [-0.05, 0) is 48.2 Å². The first-order chi connectivity index (χ1) is 13.8. The van der Waals surface area contributed by atoms with E-state index in [9.17, 15) is 22.8 Å². The molecular weight excluding hydrogens is 383 g/mol. The van der Waals surface area contributed by atoms with Crippen LogP contribution in [0.1, 0.15) is 28.9 Å². The maximum Gasteiger partial charge on any atom is 0.255 e. The van der Waals surface area contributed by atoms with Gasteiger partial charge in [0, 0.05) is 31.2 Å². The van der Waals surface area contributed by atoms with Gasteiger partial charge in [0.15, 0.2) is 11.6 Å². The van der Waals surface area contributed by atoms with Crippen molar-refractivity contribution < 1.29 is 18.0 Å². The highest BCUT2D eigenvalue weighted by Gasteiger charge is 2.23. The lowest BCUT2D eigenvalue weighted by Crippen LogP contribution is -2.30. The van der Waals surface area contributed by atoms with E-state index < -0.39 is 29.1 Å². The number of fused-ring (bicyclic) bond motifs is 2. The van der Waals surface area contributed by atoms with Gasteiger partial charge in [0.25, 0.3) is 11.5 Å². The van der Waals surface area contributed by atoms with Gasteiger partial charge in [0.2, 0.25) is 0 Å². The molecule has 4 aromatic rings. The van der Waals surface area contributed by atoms with E-state index in [-0.39, 0.29) is 16.7 Å². The van der Waals surface area contributed by atoms with Crippen LogP contribution in [0.4, 0.5) is 13.2 Å². The maximum absolute atomic E-state index is 13.8. The molecular formula is C21H16F3N3O2. The molecule has 29 heavy (non-hydrogen) atoms. The Balaban J connectivity index is 1.74. The van der Waals surface area contributed by atoms with E-state index in [0.717, 1.165) is 12.1 Å². The fourth-order valence-corrected chi connectivity index (χ4v) is 3.41. The van der Waals surface area contributed by atoms with Crippen molar-refractivity contribution in [1.82, 2.24) is 14.3 Å². The Labute approximate surface area is 163 Å². The normalized spacial score (nSPS) is 12.4. The molecule has 1 N–H and O–H groups in total. The van der Waals surface area contributed by atoms with Crippen molar-refractivity contribution in [1.29, 1.82) is 0 Å². The van der Waals surface area contributed by atoms with Crippen molar-refractivity contribution in [3.63, 3.8) is 0 Å². The van der Waals surface area contributed by atoms with Crippen LogP contribution in [0, 0.1) is 17.5 Å². The topological polar surface area (TPSA) is 57.6 Å². The zero-order valence-electron chi connectivity index (χ0n) is 15.5. The summed E-state index contributed by atoms with van der Waals surface area (Å²) < 4.78 is 42.3. The Morgan fingerprint density at radius 1 is 1.07 bits per heavy atom. The van der Waals surface area contributed by atoms with Gasteiger partial charge in [-0.15, -0.1) is 0 Å². The molecule has 0 saturated heterocycles. The van der Waals surface area contributed by atoms with Crippen LogP contribution in [0.3, 0.4) is 0 Å². The van der Waals surface area contributed by atoms with Crippen LogP contribution in [0.2, 0.25) is 0 Å². The molecule has 8 heteroatoms. The number of aromatic amines is 1. The number of amides is 1. The average Bonchev–Trinajstić information content (AvgIpc) is 3.11. The fourth-order valence-electron chi connectivity index (χ4n) is 3.41. The quantitative estimate of drug-likeness (QED) is 0.566. The Morgan fingerprint density at radius 3 is 2.48 bits per heavy atom. The SMILES string of the molecule is C[C@@H](c1c[nH]c(=O)c2cc(F)c(F)cc12)N(C)C(=O)c1cc2ccc(F)cn2c1. The molecule has 148 valence electrons. The molecule has 0 saturated carbocycles. The fraction of sp³-hybridized carbons (Fsp3) is 0.143. The molecule has 1 aromatic carbocycles. The number of nitrogens with zero attached hydrogens (tertiary/aromatic N) is 2. The van der Waals surface area contributed by atoms with E-state index in [4.69, 9.17) is 0 Å². The summed E-state index contributed by atoms with van der Waals surface area (Å²) in [5.41, 5.74) is 0.910. The summed E-state index contributed by atoms with van der Waals surface area (Å²) in [5.74, 6) is -2.97. The van der Waals surface area contributed by atoms with Gasteiger partial charge < -0.3 is 14.3 Å². The van der Waals surface area contributed by atoms with E-state index in [0.29, 0.717) is 16.6 Å². The lowest BCUT2D eigenvalue weighted by atomic mass is 10.0. The Hall–Kier alpha value is -3.55. The van der Waals surface area contributed by atoms with E-state index in [1.54, 1.807) is 26.1 Å². The van der Waals surface area contributed by atoms with Gasteiger partial charge >= 0.3 is 0 Å². The third-order valence-electron chi connectivity index (χ3n) is 5.13. The standard InChI is InChI=1S/C21H16F3N3O2/c1-11(17-8-25-20(28)16-7-19(24)18(23)6-15(16)17)26(2)21(29)12-5-14-4-3-13(22)10-27(14)9-12/h3-11H,1-2H3,(H,25,28)/t11-/m0/s1. The molecule has 3 aromatic heterocycles. The molecule has 4 rings (SSSR count). The minimum absolute atomic E-state index is 0.000760. The molecule has 1 atom stereocenters. The molecule has 1 amide bonds. The van der Waals surface area contributed by atoms with Gasteiger partial charge in [-0.1, -0.05) is 0 Å². The number of carbonyl (C=O) groups excluding carboxylic acids is 1. The van der Waals surface area contributed by atoms with Crippen LogP contribution < -0.4 is 5.56 Å². The molecule has 5 nitrogen and oxygen atoms in total. The van der Waals surface area contributed by atoms with E-state index in [1.165, 1.54) is 34.0 Å². The van der Waals surface area contributed by atoms with Crippen LogP contribution in [-0.2, 0) is 0 Å². The largest absolute Gasteiger partial charge is 0.335 e. The minimum Gasteiger partial charge on any atom is -0.335 e. The second-order valence-electron chi connectivity index (χ2n) is 6.89. The Kier molecular flexibility index (Phi) is 4.41. The monoisotopic (exact) mass is 399 g/mol. The highest BCUT2D eigenvalue weighted by Crippen LogP contribution is 2.28. The molecule has 0 bridgehead atoms. The van der Waals surface area contributed by atoms with Gasteiger partial charge in [0.1, 0.15) is 5.82 Å². The van der Waals surface area contributed by atoms with Crippen LogP contribution >= 0.6 is 0 Å². The third kappa shape index (κ3) is 3.16. The van der Waals surface area contributed by atoms with Gasteiger partial charge in [0.05, 0.1) is 17.0 Å². The van der Waals surface area contributed by atoms with Crippen molar-refractivity contribution in [3.05, 3.63) is 87.9 Å². The van der Waals surface area contributed by atoms with Crippen LogP contribution in [0.15, 0.2) is 53.7 Å². The maximum atomic E-state index is 13.8. The second kappa shape index (κ2) is 6.80. The van der Waals surface area contributed by atoms with Crippen molar-refractivity contribution in [2.75, 3.05) is 7.05 Å². The summed E-state index contributed by atoms with van der Waals surface area (Å²) in [6, 6.07) is 5.73. The van der Waals surface area contributed by atoms with Crippen molar-refractivity contribution in [2.24, 2.45) is 0 Å². The number of hydrogen-bond donors (Lipinski definition) is 1. The van der Waals surface area contributed by atoms with Crippen molar-refractivity contribution >= 4 is 22.2 Å². The summed E-state index contributed by atoms with van der Waals surface area (Å²) in [6.45, 7) is 1.71. The van der Waals surface area contributed by atoms with Crippen LogP contribution in [-0.4, -0.2) is 27.2 Å². The van der Waals surface area contributed by atoms with Crippen molar-refractivity contribution in [3.8, 4) is 0 Å². The molecule has 0 radical (unpaired) electrons. The number of H-pyrrole nitrogens is 1. The van der Waals surface area contributed by atoms with Crippen LogP contribution in [0.5, 0.6) is 0 Å². The number of aromatic nitrogens is 2. The van der Waals surface area contributed by atoms with E-state index in [1.807, 2.05) is 0 Å². The number of pyridine rings is 2. The summed E-state index contributed by atoms with van der Waals surface area (Å²) >= 11 is 0. The summed E-state index contributed by atoms with van der Waals surface area (Å²) in [7, 11) is 1.56. The zero-order valence-corrected chi connectivity index (χ0v) is 15.5. The number of nitrogens with one attached hydrogen (secondary N) is 1. The number of halogens is 3. The van der Waals surface area contributed by atoms with Gasteiger partial charge in [-0.3, -0.25) is 9.59 Å². The molecule has 0 aliphatic rings. The number of rotatable bonds is 3. The van der Waals surface area contributed by atoms with E-state index >= 15 is 0 Å². The number of benzene rings is 1. The zero-order chi connectivity index (χ0) is 20.9. The predicted octanol–water partition coefficient (Wildman–Crippen LogP) is 4.03. The molecule has 3 heterocycles. The highest BCUT2D eigenvalue weighted by atomic mass is 19.2. The summed E-state index contributed by atoms with van der Waals surface area (Å²) in [5, 5.41) is 0.225. The molecule has 0 aliphatic carbocycles. The highest BCUT2D eigenvalue weighted by molar-refractivity contribution is 5.96. The lowest BCUT2D eigenvalue weighted by Gasteiger charge is -2.26. The lowest BCUT2D eigenvalue weighted by molar-refractivity contribution is 0.0743. The van der Waals surface area contributed by atoms with Crippen molar-refractivity contribution in [2.45, 2.75) is 13.0 Å². The first-order valence-electron chi connectivity index (χ1n) is 8.81. The van der Waals surface area contributed by atoms with Crippen LogP contribution in [0.25, 0.3) is 16.3 Å². The van der Waals surface area contributed by atoms with Gasteiger partial charge in [-0.2, -0.15) is 0 Å². The first-order valence-corrected chi connectivity index (χ1v) is 8.81. The van der Waals surface area contributed by atoms with E-state index in [2.05, 4.69) is 4.98 Å². The second-order valence-corrected chi connectivity index (χ2v) is 6.89. The summed E-state index contributed by atoms with van der Waals surface area (Å²) in [4.78, 5) is 28.9. The van der Waals surface area contributed by atoms with Gasteiger partial charge in [-0.25, -0.2) is 13.2 Å². The third-order valence-corrected chi connectivity index (χ3v) is 5.13. The number of carbonyl (C=O) groups is 1. The molecule has 0 unspecified atom stereocenters. The first kappa shape index (κ1) is 18.8. The molecule has 0 aliphatic heterocycles. The Morgan fingerprint density at radius 2 is 1.76 bits per heavy atom.